The van der Waals surface area contributed by atoms with Crippen molar-refractivity contribution in [1.82, 2.24) is 9.38 Å². The first-order chi connectivity index (χ1) is 10.5. The number of rotatable bonds is 3. The zero-order valence-electron chi connectivity index (χ0n) is 11.6. The molecule has 0 fully saturated rings. The molecule has 0 aliphatic carbocycles. The summed E-state index contributed by atoms with van der Waals surface area (Å²) in [5.41, 5.74) is 7.67. The summed E-state index contributed by atoms with van der Waals surface area (Å²) in [6, 6.07) is 9.01. The minimum atomic E-state index is -4.31. The van der Waals surface area contributed by atoms with Gasteiger partial charge in [0.05, 0.1) is 17.3 Å². The third-order valence-corrected chi connectivity index (χ3v) is 3.55. The Balaban J connectivity index is 1.87. The molecule has 6 heteroatoms. The van der Waals surface area contributed by atoms with Gasteiger partial charge in [-0.25, -0.2) is 4.98 Å². The molecule has 0 radical (unpaired) electrons. The van der Waals surface area contributed by atoms with Gasteiger partial charge >= 0.3 is 6.18 Å². The summed E-state index contributed by atoms with van der Waals surface area (Å²) in [6.07, 6.45) is -0.228. The molecule has 0 unspecified atom stereocenters. The number of aromatic nitrogens is 2. The van der Waals surface area contributed by atoms with Gasteiger partial charge in [-0.15, -0.1) is 0 Å². The molecule has 0 spiro atoms. The van der Waals surface area contributed by atoms with Crippen molar-refractivity contribution >= 4 is 5.52 Å². The molecule has 0 saturated carbocycles. The van der Waals surface area contributed by atoms with E-state index in [1.807, 2.05) is 22.7 Å². The SMILES string of the molecule is NCc1ccn2c(Cc3ccc(C(F)(F)F)cc3)ncc2c1. The average molecular weight is 305 g/mol. The molecular formula is C16H14F3N3. The van der Waals surface area contributed by atoms with Crippen molar-refractivity contribution in [3.05, 3.63) is 71.3 Å². The predicted octanol–water partition coefficient (Wildman–Crippen LogP) is 3.40. The summed E-state index contributed by atoms with van der Waals surface area (Å²) in [5.74, 6) is 0.776. The molecule has 22 heavy (non-hydrogen) atoms. The Bertz CT molecular complexity index is 788. The average Bonchev–Trinajstić information content (AvgIpc) is 2.89. The maximum atomic E-state index is 12.5. The van der Waals surface area contributed by atoms with Gasteiger partial charge in [-0.3, -0.25) is 0 Å². The molecule has 2 aromatic heterocycles. The number of fused-ring (bicyclic) bond motifs is 1. The molecule has 2 heterocycles. The second kappa shape index (κ2) is 5.46. The van der Waals surface area contributed by atoms with E-state index in [9.17, 15) is 13.2 Å². The molecular weight excluding hydrogens is 291 g/mol. The summed E-state index contributed by atoms with van der Waals surface area (Å²) in [4.78, 5) is 4.34. The van der Waals surface area contributed by atoms with Gasteiger partial charge in [-0.1, -0.05) is 12.1 Å². The number of nitrogens with zero attached hydrogens (tertiary/aromatic N) is 2. The summed E-state index contributed by atoms with van der Waals surface area (Å²) in [7, 11) is 0. The molecule has 114 valence electrons. The first-order valence-electron chi connectivity index (χ1n) is 6.78. The number of hydrogen-bond donors (Lipinski definition) is 1. The van der Waals surface area contributed by atoms with Crippen LogP contribution in [0.4, 0.5) is 13.2 Å². The van der Waals surface area contributed by atoms with Gasteiger partial charge < -0.3 is 10.1 Å². The number of alkyl halides is 3. The van der Waals surface area contributed by atoms with Crippen LogP contribution in [0.1, 0.15) is 22.5 Å². The molecule has 0 amide bonds. The lowest BCUT2D eigenvalue weighted by atomic mass is 10.1. The quantitative estimate of drug-likeness (QED) is 0.806. The van der Waals surface area contributed by atoms with E-state index in [1.54, 1.807) is 6.20 Å². The smallest absolute Gasteiger partial charge is 0.326 e. The lowest BCUT2D eigenvalue weighted by Gasteiger charge is -2.07. The molecule has 3 aromatic rings. The summed E-state index contributed by atoms with van der Waals surface area (Å²) in [6.45, 7) is 0.454. The highest BCUT2D eigenvalue weighted by Crippen LogP contribution is 2.29. The minimum absolute atomic E-state index is 0.454. The fourth-order valence-corrected chi connectivity index (χ4v) is 2.35. The minimum Gasteiger partial charge on any atom is -0.326 e. The van der Waals surface area contributed by atoms with Gasteiger partial charge in [0.2, 0.25) is 0 Å². The Morgan fingerprint density at radius 2 is 1.77 bits per heavy atom. The first-order valence-corrected chi connectivity index (χ1v) is 6.78. The Hall–Kier alpha value is -2.34. The molecule has 0 atom stereocenters. The van der Waals surface area contributed by atoms with Crippen LogP contribution >= 0.6 is 0 Å². The van der Waals surface area contributed by atoms with E-state index in [1.165, 1.54) is 12.1 Å². The van der Waals surface area contributed by atoms with Crippen LogP contribution in [0.2, 0.25) is 0 Å². The maximum absolute atomic E-state index is 12.5. The molecule has 3 rings (SSSR count). The van der Waals surface area contributed by atoms with Crippen molar-refractivity contribution in [2.45, 2.75) is 19.1 Å². The molecule has 0 aliphatic rings. The van der Waals surface area contributed by atoms with E-state index in [4.69, 9.17) is 5.73 Å². The summed E-state index contributed by atoms with van der Waals surface area (Å²) < 4.78 is 39.6. The van der Waals surface area contributed by atoms with Gasteiger partial charge in [0, 0.05) is 19.2 Å². The van der Waals surface area contributed by atoms with Gasteiger partial charge in [0.25, 0.3) is 0 Å². The second-order valence-corrected chi connectivity index (χ2v) is 5.08. The van der Waals surface area contributed by atoms with E-state index < -0.39 is 11.7 Å². The summed E-state index contributed by atoms with van der Waals surface area (Å²) >= 11 is 0. The number of pyridine rings is 1. The van der Waals surface area contributed by atoms with Gasteiger partial charge in [-0.2, -0.15) is 13.2 Å². The topological polar surface area (TPSA) is 43.3 Å². The predicted molar refractivity (Wildman–Crippen MR) is 77.3 cm³/mol. The van der Waals surface area contributed by atoms with Crippen LogP contribution in [0.15, 0.2) is 48.8 Å². The van der Waals surface area contributed by atoms with E-state index in [2.05, 4.69) is 4.98 Å². The molecule has 0 bridgehead atoms. The van der Waals surface area contributed by atoms with E-state index >= 15 is 0 Å². The van der Waals surface area contributed by atoms with Crippen molar-refractivity contribution in [2.24, 2.45) is 5.73 Å². The zero-order valence-corrected chi connectivity index (χ0v) is 11.6. The van der Waals surface area contributed by atoms with Gasteiger partial charge in [-0.05, 0) is 35.4 Å². The van der Waals surface area contributed by atoms with Crippen LogP contribution in [0.5, 0.6) is 0 Å². The molecule has 0 saturated heterocycles. The lowest BCUT2D eigenvalue weighted by molar-refractivity contribution is -0.137. The number of benzene rings is 1. The Morgan fingerprint density at radius 3 is 2.41 bits per heavy atom. The van der Waals surface area contributed by atoms with Crippen LogP contribution in [0.25, 0.3) is 5.52 Å². The summed E-state index contributed by atoms with van der Waals surface area (Å²) in [5, 5.41) is 0. The van der Waals surface area contributed by atoms with E-state index in [0.29, 0.717) is 13.0 Å². The fraction of sp³-hybridized carbons (Fsp3) is 0.188. The van der Waals surface area contributed by atoms with Crippen molar-refractivity contribution in [3.63, 3.8) is 0 Å². The highest BCUT2D eigenvalue weighted by Gasteiger charge is 2.29. The number of halogens is 3. The van der Waals surface area contributed by atoms with E-state index in [0.717, 1.165) is 34.6 Å². The first kappa shape index (κ1) is 14.6. The van der Waals surface area contributed by atoms with Crippen molar-refractivity contribution < 1.29 is 13.2 Å². The molecule has 1 aromatic carbocycles. The van der Waals surface area contributed by atoms with Gasteiger partial charge in [0.15, 0.2) is 0 Å². The second-order valence-electron chi connectivity index (χ2n) is 5.08. The highest BCUT2D eigenvalue weighted by molar-refractivity contribution is 5.48. The molecule has 2 N–H and O–H groups in total. The normalized spacial score (nSPS) is 12.0. The number of nitrogens with two attached hydrogens (primary N) is 1. The Labute approximate surface area is 125 Å². The van der Waals surface area contributed by atoms with Crippen molar-refractivity contribution in [3.8, 4) is 0 Å². The monoisotopic (exact) mass is 305 g/mol. The van der Waals surface area contributed by atoms with Crippen LogP contribution in [0.3, 0.4) is 0 Å². The lowest BCUT2D eigenvalue weighted by Crippen LogP contribution is -2.05. The zero-order chi connectivity index (χ0) is 15.7. The highest BCUT2D eigenvalue weighted by atomic mass is 19.4. The third kappa shape index (κ3) is 2.82. The van der Waals surface area contributed by atoms with Crippen LogP contribution in [-0.4, -0.2) is 9.38 Å². The maximum Gasteiger partial charge on any atom is 0.416 e. The Morgan fingerprint density at radius 1 is 1.05 bits per heavy atom. The third-order valence-electron chi connectivity index (χ3n) is 3.55. The largest absolute Gasteiger partial charge is 0.416 e. The molecule has 3 nitrogen and oxygen atoms in total. The van der Waals surface area contributed by atoms with Crippen LogP contribution in [0, 0.1) is 0 Å². The van der Waals surface area contributed by atoms with Crippen molar-refractivity contribution in [2.75, 3.05) is 0 Å². The van der Waals surface area contributed by atoms with Crippen LogP contribution in [-0.2, 0) is 19.1 Å². The fourth-order valence-electron chi connectivity index (χ4n) is 2.35. The number of imidazole rings is 1. The molecule has 0 aliphatic heterocycles. The standard InChI is InChI=1S/C16H14F3N3/c17-16(18,19)13-3-1-11(2-4-13)8-15-21-10-14-7-12(9-20)5-6-22(14)15/h1-7,10H,8-9,20H2. The van der Waals surface area contributed by atoms with E-state index in [-0.39, 0.29) is 0 Å². The number of hydrogen-bond acceptors (Lipinski definition) is 2. The van der Waals surface area contributed by atoms with Crippen molar-refractivity contribution in [1.29, 1.82) is 0 Å². The van der Waals surface area contributed by atoms with Crippen LogP contribution < -0.4 is 5.73 Å². The Kier molecular flexibility index (Phi) is 3.62. The van der Waals surface area contributed by atoms with Gasteiger partial charge in [0.1, 0.15) is 5.82 Å².